The minimum absolute atomic E-state index is 0.0358. The standard InChI is InChI=1S/C14H19NO4S/c1-14(8-2-3-9-14)10-15-20(18,19)12-6-4-11(5-7-12)13(16)17/h4-7,15H,2-3,8-10H2,1H3,(H,16,17). The van der Waals surface area contributed by atoms with E-state index < -0.39 is 16.0 Å². The fourth-order valence-corrected chi connectivity index (χ4v) is 3.73. The van der Waals surface area contributed by atoms with Crippen LogP contribution in [0.4, 0.5) is 0 Å². The highest BCUT2D eigenvalue weighted by atomic mass is 32.2. The van der Waals surface area contributed by atoms with E-state index in [2.05, 4.69) is 11.6 Å². The number of benzene rings is 1. The lowest BCUT2D eigenvalue weighted by Gasteiger charge is -2.23. The van der Waals surface area contributed by atoms with E-state index in [1.54, 1.807) is 0 Å². The second-order valence-electron chi connectivity index (χ2n) is 5.67. The van der Waals surface area contributed by atoms with Crippen molar-refractivity contribution >= 4 is 16.0 Å². The second-order valence-corrected chi connectivity index (χ2v) is 7.44. The average molecular weight is 297 g/mol. The smallest absolute Gasteiger partial charge is 0.335 e. The lowest BCUT2D eigenvalue weighted by Crippen LogP contribution is -2.34. The molecule has 2 N–H and O–H groups in total. The first kappa shape index (κ1) is 15.0. The zero-order chi connectivity index (χ0) is 14.8. The normalized spacial score (nSPS) is 18.1. The highest BCUT2D eigenvalue weighted by molar-refractivity contribution is 7.89. The maximum atomic E-state index is 12.2. The van der Waals surface area contributed by atoms with Crippen LogP contribution in [-0.2, 0) is 10.0 Å². The van der Waals surface area contributed by atoms with Crippen LogP contribution in [0.25, 0.3) is 0 Å². The van der Waals surface area contributed by atoms with Crippen LogP contribution in [0.5, 0.6) is 0 Å². The van der Waals surface area contributed by atoms with Gasteiger partial charge in [0, 0.05) is 6.54 Å². The van der Waals surface area contributed by atoms with Gasteiger partial charge in [-0.2, -0.15) is 0 Å². The molecular formula is C14H19NO4S. The third-order valence-electron chi connectivity index (χ3n) is 3.91. The molecule has 0 unspecified atom stereocenters. The van der Waals surface area contributed by atoms with Gasteiger partial charge >= 0.3 is 5.97 Å². The number of carboxylic acid groups (broad SMARTS) is 1. The van der Waals surface area contributed by atoms with Crippen molar-refractivity contribution in [2.75, 3.05) is 6.54 Å². The SMILES string of the molecule is CC1(CNS(=O)(=O)c2ccc(C(=O)O)cc2)CCCC1. The lowest BCUT2D eigenvalue weighted by atomic mass is 9.89. The molecule has 0 heterocycles. The number of rotatable bonds is 5. The first-order valence-electron chi connectivity index (χ1n) is 6.65. The molecule has 6 heteroatoms. The molecule has 1 aliphatic carbocycles. The Kier molecular flexibility index (Phi) is 4.15. The summed E-state index contributed by atoms with van der Waals surface area (Å²) in [5, 5.41) is 8.79. The summed E-state index contributed by atoms with van der Waals surface area (Å²) < 4.78 is 26.9. The van der Waals surface area contributed by atoms with Gasteiger partial charge in [-0.05, 0) is 42.5 Å². The molecule has 0 bridgehead atoms. The van der Waals surface area contributed by atoms with E-state index in [4.69, 9.17) is 5.11 Å². The Morgan fingerprint density at radius 3 is 2.30 bits per heavy atom. The van der Waals surface area contributed by atoms with E-state index in [0.29, 0.717) is 6.54 Å². The number of nitrogens with one attached hydrogen (secondary N) is 1. The van der Waals surface area contributed by atoms with Crippen molar-refractivity contribution in [2.24, 2.45) is 5.41 Å². The van der Waals surface area contributed by atoms with Crippen molar-refractivity contribution in [2.45, 2.75) is 37.5 Å². The van der Waals surface area contributed by atoms with Crippen LogP contribution in [-0.4, -0.2) is 26.0 Å². The van der Waals surface area contributed by atoms with Gasteiger partial charge in [0.15, 0.2) is 0 Å². The predicted molar refractivity (Wildman–Crippen MR) is 75.2 cm³/mol. The summed E-state index contributed by atoms with van der Waals surface area (Å²) in [5.41, 5.74) is 0.111. The molecule has 1 saturated carbocycles. The van der Waals surface area contributed by atoms with Crippen LogP contribution >= 0.6 is 0 Å². The largest absolute Gasteiger partial charge is 0.478 e. The van der Waals surface area contributed by atoms with Gasteiger partial charge in [0.25, 0.3) is 0 Å². The van der Waals surface area contributed by atoms with Crippen LogP contribution in [0.3, 0.4) is 0 Å². The van der Waals surface area contributed by atoms with Crippen LogP contribution < -0.4 is 4.72 Å². The number of aromatic carboxylic acids is 1. The molecule has 1 aromatic rings. The molecule has 0 atom stereocenters. The maximum Gasteiger partial charge on any atom is 0.335 e. The van der Waals surface area contributed by atoms with Crippen LogP contribution in [0.15, 0.2) is 29.2 Å². The van der Waals surface area contributed by atoms with E-state index in [-0.39, 0.29) is 15.9 Å². The molecule has 20 heavy (non-hydrogen) atoms. The Balaban J connectivity index is 2.08. The highest BCUT2D eigenvalue weighted by Crippen LogP contribution is 2.36. The maximum absolute atomic E-state index is 12.2. The summed E-state index contributed by atoms with van der Waals surface area (Å²) in [6.45, 7) is 2.52. The zero-order valence-corrected chi connectivity index (χ0v) is 12.2. The summed E-state index contributed by atoms with van der Waals surface area (Å²) in [6.07, 6.45) is 4.36. The van der Waals surface area contributed by atoms with Gasteiger partial charge in [-0.15, -0.1) is 0 Å². The van der Waals surface area contributed by atoms with Crippen molar-refractivity contribution in [3.63, 3.8) is 0 Å². The topological polar surface area (TPSA) is 83.5 Å². The summed E-state index contributed by atoms with van der Waals surface area (Å²) in [7, 11) is -3.57. The van der Waals surface area contributed by atoms with Gasteiger partial charge in [0.2, 0.25) is 10.0 Å². The fraction of sp³-hybridized carbons (Fsp3) is 0.500. The molecule has 110 valence electrons. The Labute approximate surface area is 119 Å². The molecule has 1 fully saturated rings. The molecule has 0 radical (unpaired) electrons. The Bertz CT molecular complexity index is 586. The quantitative estimate of drug-likeness (QED) is 0.873. The average Bonchev–Trinajstić information content (AvgIpc) is 2.84. The number of sulfonamides is 1. The first-order chi connectivity index (χ1) is 9.32. The fourth-order valence-electron chi connectivity index (χ4n) is 2.53. The van der Waals surface area contributed by atoms with Crippen molar-refractivity contribution in [3.05, 3.63) is 29.8 Å². The molecule has 0 aromatic heterocycles. The Morgan fingerprint density at radius 2 is 1.80 bits per heavy atom. The van der Waals surface area contributed by atoms with Gasteiger partial charge in [0.05, 0.1) is 10.5 Å². The van der Waals surface area contributed by atoms with Crippen molar-refractivity contribution < 1.29 is 18.3 Å². The van der Waals surface area contributed by atoms with E-state index in [1.165, 1.54) is 24.3 Å². The molecule has 0 spiro atoms. The van der Waals surface area contributed by atoms with Crippen LogP contribution in [0.1, 0.15) is 43.0 Å². The van der Waals surface area contributed by atoms with Gasteiger partial charge in [0.1, 0.15) is 0 Å². The van der Waals surface area contributed by atoms with Gasteiger partial charge < -0.3 is 5.11 Å². The number of hydrogen-bond acceptors (Lipinski definition) is 3. The first-order valence-corrected chi connectivity index (χ1v) is 8.14. The summed E-state index contributed by atoms with van der Waals surface area (Å²) >= 11 is 0. The number of carbonyl (C=O) groups is 1. The molecule has 5 nitrogen and oxygen atoms in total. The van der Waals surface area contributed by atoms with Crippen molar-refractivity contribution in [3.8, 4) is 0 Å². The van der Waals surface area contributed by atoms with Gasteiger partial charge in [-0.25, -0.2) is 17.9 Å². The summed E-state index contributed by atoms with van der Waals surface area (Å²) in [4.78, 5) is 10.8. The molecule has 0 amide bonds. The highest BCUT2D eigenvalue weighted by Gasteiger charge is 2.30. The number of carboxylic acids is 1. The Morgan fingerprint density at radius 1 is 1.25 bits per heavy atom. The Hall–Kier alpha value is -1.40. The van der Waals surface area contributed by atoms with E-state index >= 15 is 0 Å². The molecule has 1 aliphatic rings. The van der Waals surface area contributed by atoms with E-state index in [1.807, 2.05) is 0 Å². The van der Waals surface area contributed by atoms with E-state index in [0.717, 1.165) is 25.7 Å². The van der Waals surface area contributed by atoms with Gasteiger partial charge in [-0.1, -0.05) is 19.8 Å². The minimum atomic E-state index is -3.57. The minimum Gasteiger partial charge on any atom is -0.478 e. The monoisotopic (exact) mass is 297 g/mol. The summed E-state index contributed by atoms with van der Waals surface area (Å²) in [6, 6.07) is 5.24. The zero-order valence-electron chi connectivity index (χ0n) is 11.4. The molecule has 1 aromatic carbocycles. The van der Waals surface area contributed by atoms with Crippen LogP contribution in [0, 0.1) is 5.41 Å². The van der Waals surface area contributed by atoms with Crippen molar-refractivity contribution in [1.82, 2.24) is 4.72 Å². The molecule has 0 saturated heterocycles. The third kappa shape index (κ3) is 3.37. The lowest BCUT2D eigenvalue weighted by molar-refractivity contribution is 0.0696. The number of hydrogen-bond donors (Lipinski definition) is 2. The third-order valence-corrected chi connectivity index (χ3v) is 5.33. The van der Waals surface area contributed by atoms with E-state index in [9.17, 15) is 13.2 Å². The molecular weight excluding hydrogens is 278 g/mol. The van der Waals surface area contributed by atoms with Crippen molar-refractivity contribution in [1.29, 1.82) is 0 Å². The van der Waals surface area contributed by atoms with Crippen LogP contribution in [0.2, 0.25) is 0 Å². The predicted octanol–water partition coefficient (Wildman–Crippen LogP) is 2.24. The second kappa shape index (κ2) is 5.54. The van der Waals surface area contributed by atoms with Gasteiger partial charge in [-0.3, -0.25) is 0 Å². The molecule has 0 aliphatic heterocycles. The molecule has 2 rings (SSSR count). The summed E-state index contributed by atoms with van der Waals surface area (Å²) in [5.74, 6) is -1.07.